The summed E-state index contributed by atoms with van der Waals surface area (Å²) in [5.74, 6) is 2.84. The van der Waals surface area contributed by atoms with Crippen molar-refractivity contribution < 1.29 is 18.7 Å². The molecule has 0 heterocycles. The van der Waals surface area contributed by atoms with Crippen LogP contribution in [0.5, 0.6) is 11.5 Å². The van der Waals surface area contributed by atoms with Crippen molar-refractivity contribution in [1.29, 1.82) is 0 Å². The molecule has 0 atom stereocenters. The number of rotatable bonds is 6. The van der Waals surface area contributed by atoms with E-state index in [9.17, 15) is 4.79 Å². The highest BCUT2D eigenvalue weighted by atomic mass is 19.1. The molecule has 2 aromatic rings. The number of alkyl halides is 1. The Morgan fingerprint density at radius 1 is 0.706 bits per heavy atom. The second-order valence-electron chi connectivity index (χ2n) is 10.6. The van der Waals surface area contributed by atoms with Gasteiger partial charge < -0.3 is 9.47 Å². The minimum absolute atomic E-state index is 0.239. The predicted molar refractivity (Wildman–Crippen MR) is 132 cm³/mol. The average Bonchev–Trinajstić information content (AvgIpc) is 2.89. The van der Waals surface area contributed by atoms with Gasteiger partial charge in [-0.05, 0) is 112 Å². The molecule has 0 aromatic heterocycles. The molecule has 182 valence electrons. The summed E-state index contributed by atoms with van der Waals surface area (Å²) in [7, 11) is 0. The zero-order valence-electron chi connectivity index (χ0n) is 20.5. The maximum absolute atomic E-state index is 15.9. The standard InChI is InChI=1S/C30H37FO3/c1-3-33-25-9-5-21(6-10-25)23-13-17-29(18-14-23)27(31)30(28(29)32)19-15-24(16-20-30)22-7-11-26(12-8-22)34-4-2/h5-12,23-24,27H,3-4,13-20H2,1-2H3. The molecule has 3 aliphatic rings. The van der Waals surface area contributed by atoms with Crippen molar-refractivity contribution in [2.75, 3.05) is 13.2 Å². The molecule has 3 fully saturated rings. The molecule has 0 saturated heterocycles. The van der Waals surface area contributed by atoms with Crippen molar-refractivity contribution in [3.8, 4) is 11.5 Å². The van der Waals surface area contributed by atoms with Crippen LogP contribution < -0.4 is 9.47 Å². The Morgan fingerprint density at radius 2 is 1.06 bits per heavy atom. The van der Waals surface area contributed by atoms with E-state index in [-0.39, 0.29) is 5.78 Å². The lowest BCUT2D eigenvalue weighted by Gasteiger charge is -2.61. The van der Waals surface area contributed by atoms with E-state index in [4.69, 9.17) is 9.47 Å². The fourth-order valence-electron chi connectivity index (χ4n) is 7.08. The van der Waals surface area contributed by atoms with Gasteiger partial charge in [-0.2, -0.15) is 0 Å². The van der Waals surface area contributed by atoms with Gasteiger partial charge in [0.15, 0.2) is 5.78 Å². The Kier molecular flexibility index (Phi) is 6.43. The number of halogens is 1. The van der Waals surface area contributed by atoms with Gasteiger partial charge in [-0.15, -0.1) is 0 Å². The first-order valence-corrected chi connectivity index (χ1v) is 13.2. The van der Waals surface area contributed by atoms with Crippen LogP contribution >= 0.6 is 0 Å². The zero-order chi connectivity index (χ0) is 23.8. The van der Waals surface area contributed by atoms with Crippen molar-refractivity contribution in [1.82, 2.24) is 0 Å². The van der Waals surface area contributed by atoms with Gasteiger partial charge in [-0.25, -0.2) is 4.39 Å². The van der Waals surface area contributed by atoms with Gasteiger partial charge in [0.05, 0.1) is 24.0 Å². The second-order valence-corrected chi connectivity index (χ2v) is 10.6. The van der Waals surface area contributed by atoms with E-state index >= 15 is 4.39 Å². The van der Waals surface area contributed by atoms with Crippen LogP contribution in [0.15, 0.2) is 48.5 Å². The zero-order valence-corrected chi connectivity index (χ0v) is 20.5. The quantitative estimate of drug-likeness (QED) is 0.447. The summed E-state index contributed by atoms with van der Waals surface area (Å²) in [5.41, 5.74) is 1.14. The molecule has 3 saturated carbocycles. The van der Waals surface area contributed by atoms with Crippen molar-refractivity contribution in [3.63, 3.8) is 0 Å². The molecule has 0 bridgehead atoms. The van der Waals surface area contributed by atoms with E-state index < -0.39 is 17.0 Å². The Morgan fingerprint density at radius 3 is 1.35 bits per heavy atom. The molecule has 0 radical (unpaired) electrons. The number of hydrogen-bond acceptors (Lipinski definition) is 3. The maximum Gasteiger partial charge on any atom is 0.151 e. The first-order chi connectivity index (χ1) is 16.5. The van der Waals surface area contributed by atoms with Crippen LogP contribution in [0, 0.1) is 10.8 Å². The molecule has 0 N–H and O–H groups in total. The minimum atomic E-state index is -0.977. The fraction of sp³-hybridized carbons (Fsp3) is 0.567. The Labute approximate surface area is 203 Å². The minimum Gasteiger partial charge on any atom is -0.494 e. The lowest BCUT2D eigenvalue weighted by molar-refractivity contribution is -0.191. The Balaban J connectivity index is 1.19. The number of hydrogen-bond donors (Lipinski definition) is 0. The molecule has 0 unspecified atom stereocenters. The topological polar surface area (TPSA) is 35.5 Å². The average molecular weight is 465 g/mol. The molecule has 34 heavy (non-hydrogen) atoms. The largest absolute Gasteiger partial charge is 0.494 e. The summed E-state index contributed by atoms with van der Waals surface area (Å²) in [4.78, 5) is 13.6. The lowest BCUT2D eigenvalue weighted by Crippen LogP contribution is -2.69. The smallest absolute Gasteiger partial charge is 0.151 e. The molecule has 4 heteroatoms. The molecule has 2 spiro atoms. The molecular weight excluding hydrogens is 427 g/mol. The molecule has 5 rings (SSSR count). The Bertz CT molecular complexity index is 901. The van der Waals surface area contributed by atoms with E-state index in [1.165, 1.54) is 11.1 Å². The van der Waals surface area contributed by atoms with Crippen LogP contribution in [-0.2, 0) is 4.79 Å². The highest BCUT2D eigenvalue weighted by Crippen LogP contribution is 2.66. The summed E-state index contributed by atoms with van der Waals surface area (Å²) < 4.78 is 27.0. The SMILES string of the molecule is CCOc1ccc(C2CCC3(CC2)C(=O)C2(CCC(c4ccc(OCC)cc4)CC2)C3F)cc1. The summed E-state index contributed by atoms with van der Waals surface area (Å²) in [5, 5.41) is 0. The summed E-state index contributed by atoms with van der Waals surface area (Å²) in [6, 6.07) is 16.6. The van der Waals surface area contributed by atoms with Gasteiger partial charge in [0, 0.05) is 0 Å². The number of ketones is 1. The lowest BCUT2D eigenvalue weighted by atomic mass is 9.41. The van der Waals surface area contributed by atoms with Crippen LogP contribution in [0.3, 0.4) is 0 Å². The monoisotopic (exact) mass is 464 g/mol. The van der Waals surface area contributed by atoms with Gasteiger partial charge >= 0.3 is 0 Å². The molecule has 3 nitrogen and oxygen atoms in total. The first kappa shape index (κ1) is 23.4. The number of benzene rings is 2. The summed E-state index contributed by atoms with van der Waals surface area (Å²) >= 11 is 0. The third-order valence-corrected chi connectivity index (χ3v) is 8.96. The van der Waals surface area contributed by atoms with E-state index in [1.54, 1.807) is 0 Å². The van der Waals surface area contributed by atoms with Crippen molar-refractivity contribution >= 4 is 5.78 Å². The third-order valence-electron chi connectivity index (χ3n) is 8.96. The van der Waals surface area contributed by atoms with E-state index in [0.29, 0.717) is 50.7 Å². The Hall–Kier alpha value is -2.36. The van der Waals surface area contributed by atoms with E-state index in [2.05, 4.69) is 24.3 Å². The number of carbonyl (C=O) groups excluding carboxylic acids is 1. The van der Waals surface area contributed by atoms with Crippen molar-refractivity contribution in [2.24, 2.45) is 10.8 Å². The highest BCUT2D eigenvalue weighted by molar-refractivity contribution is 5.98. The normalized spacial score (nSPS) is 33.0. The van der Waals surface area contributed by atoms with Gasteiger partial charge in [0.25, 0.3) is 0 Å². The van der Waals surface area contributed by atoms with Gasteiger partial charge in [-0.1, -0.05) is 24.3 Å². The van der Waals surface area contributed by atoms with Gasteiger partial charge in [0.2, 0.25) is 0 Å². The number of Topliss-reactive ketones (excluding diaryl/α,β-unsaturated/α-hetero) is 1. The molecule has 2 aromatic carbocycles. The second kappa shape index (κ2) is 9.36. The van der Waals surface area contributed by atoms with Crippen LogP contribution in [0.1, 0.15) is 88.2 Å². The van der Waals surface area contributed by atoms with Gasteiger partial charge in [0.1, 0.15) is 17.7 Å². The van der Waals surface area contributed by atoms with Crippen LogP contribution in [-0.4, -0.2) is 25.2 Å². The van der Waals surface area contributed by atoms with E-state index in [0.717, 1.165) is 37.2 Å². The highest BCUT2D eigenvalue weighted by Gasteiger charge is 2.71. The van der Waals surface area contributed by atoms with E-state index in [1.807, 2.05) is 38.1 Å². The summed E-state index contributed by atoms with van der Waals surface area (Å²) in [6.07, 6.45) is 5.36. The fourth-order valence-corrected chi connectivity index (χ4v) is 7.08. The molecule has 0 aliphatic heterocycles. The first-order valence-electron chi connectivity index (χ1n) is 13.2. The predicted octanol–water partition coefficient (Wildman–Crippen LogP) is 7.39. The van der Waals surface area contributed by atoms with Crippen molar-refractivity contribution in [2.45, 2.75) is 83.2 Å². The third kappa shape index (κ3) is 3.83. The molecule has 3 aliphatic carbocycles. The van der Waals surface area contributed by atoms with Gasteiger partial charge in [-0.3, -0.25) is 4.79 Å². The van der Waals surface area contributed by atoms with Crippen LogP contribution in [0.25, 0.3) is 0 Å². The number of ether oxygens (including phenoxy) is 2. The number of carbonyl (C=O) groups is 1. The summed E-state index contributed by atoms with van der Waals surface area (Å²) in [6.45, 7) is 5.29. The molecular formula is C30H37FO3. The van der Waals surface area contributed by atoms with Crippen LogP contribution in [0.4, 0.5) is 4.39 Å². The molecule has 0 amide bonds. The van der Waals surface area contributed by atoms with Crippen molar-refractivity contribution in [3.05, 3.63) is 59.7 Å². The van der Waals surface area contributed by atoms with Crippen LogP contribution in [0.2, 0.25) is 0 Å². The maximum atomic E-state index is 15.9.